The molecule has 4 nitrogen and oxygen atoms in total. The van der Waals surface area contributed by atoms with E-state index in [-0.39, 0.29) is 5.91 Å². The summed E-state index contributed by atoms with van der Waals surface area (Å²) in [6, 6.07) is 11.2. The number of carbonyl (C=O) groups is 1. The molecule has 1 amide bonds. The maximum absolute atomic E-state index is 12.2. The first-order valence-electron chi connectivity index (χ1n) is 7.59. The van der Waals surface area contributed by atoms with Gasteiger partial charge in [0.2, 0.25) is 0 Å². The summed E-state index contributed by atoms with van der Waals surface area (Å²) in [6.45, 7) is 3.02. The van der Waals surface area contributed by atoms with Crippen LogP contribution in [-0.2, 0) is 11.3 Å². The largest absolute Gasteiger partial charge is 0.496 e. The highest BCUT2D eigenvalue weighted by molar-refractivity contribution is 6.43. The molecule has 1 atom stereocenters. The molecule has 0 spiro atoms. The number of amides is 1. The first kappa shape index (κ1) is 18.6. The van der Waals surface area contributed by atoms with Crippen molar-refractivity contribution < 1.29 is 14.4 Å². The second-order valence-corrected chi connectivity index (χ2v) is 6.56. The van der Waals surface area contributed by atoms with Crippen LogP contribution in [0.4, 0.5) is 5.69 Å². The van der Waals surface area contributed by atoms with Crippen molar-refractivity contribution in [2.45, 2.75) is 13.5 Å². The van der Waals surface area contributed by atoms with Crippen LogP contribution in [0.25, 0.3) is 0 Å². The highest BCUT2D eigenvalue weighted by atomic mass is 35.5. The molecule has 0 bridgehead atoms. The van der Waals surface area contributed by atoms with Gasteiger partial charge in [0.15, 0.2) is 6.54 Å². The Bertz CT molecular complexity index is 735. The maximum atomic E-state index is 12.2. The van der Waals surface area contributed by atoms with Crippen molar-refractivity contribution in [1.29, 1.82) is 0 Å². The summed E-state index contributed by atoms with van der Waals surface area (Å²) in [6.07, 6.45) is 0. The minimum absolute atomic E-state index is 0.122. The fourth-order valence-corrected chi connectivity index (χ4v) is 2.85. The molecule has 0 aliphatic carbocycles. The Morgan fingerprint density at radius 2 is 2.00 bits per heavy atom. The van der Waals surface area contributed by atoms with Gasteiger partial charge in [-0.1, -0.05) is 40.9 Å². The van der Waals surface area contributed by atoms with Crippen LogP contribution < -0.4 is 15.0 Å². The maximum Gasteiger partial charge on any atom is 0.279 e. The molecule has 2 aromatic rings. The van der Waals surface area contributed by atoms with E-state index >= 15 is 0 Å². The Labute approximate surface area is 152 Å². The van der Waals surface area contributed by atoms with Crippen molar-refractivity contribution in [2.75, 3.05) is 26.0 Å². The number of quaternary nitrogens is 1. The Morgan fingerprint density at radius 1 is 1.25 bits per heavy atom. The van der Waals surface area contributed by atoms with E-state index < -0.39 is 0 Å². The van der Waals surface area contributed by atoms with Crippen molar-refractivity contribution in [3.05, 3.63) is 57.6 Å². The summed E-state index contributed by atoms with van der Waals surface area (Å²) in [5, 5.41) is 3.57. The van der Waals surface area contributed by atoms with Crippen molar-refractivity contribution >= 4 is 34.8 Å². The molecule has 2 aromatic carbocycles. The molecule has 0 heterocycles. The van der Waals surface area contributed by atoms with Gasteiger partial charge in [0.25, 0.3) is 5.91 Å². The van der Waals surface area contributed by atoms with Crippen molar-refractivity contribution in [1.82, 2.24) is 0 Å². The number of carbonyl (C=O) groups excluding carboxylic acids is 1. The summed E-state index contributed by atoms with van der Waals surface area (Å²) in [5.74, 6) is 0.710. The number of hydrogen-bond acceptors (Lipinski definition) is 2. The number of benzene rings is 2. The SMILES string of the molecule is COc1ccc(C)cc1C[NH+](C)CC(=O)Nc1cccc(Cl)c1Cl. The second-order valence-electron chi connectivity index (χ2n) is 5.78. The zero-order valence-electron chi connectivity index (χ0n) is 14.0. The molecule has 0 saturated carbocycles. The Morgan fingerprint density at radius 3 is 2.71 bits per heavy atom. The minimum Gasteiger partial charge on any atom is -0.496 e. The van der Waals surface area contributed by atoms with Crippen LogP contribution in [0.15, 0.2) is 36.4 Å². The van der Waals surface area contributed by atoms with Gasteiger partial charge in [0, 0.05) is 5.56 Å². The lowest BCUT2D eigenvalue weighted by Gasteiger charge is -2.16. The topological polar surface area (TPSA) is 42.8 Å². The molecular weight excluding hydrogens is 347 g/mol. The predicted octanol–water partition coefficient (Wildman–Crippen LogP) is 2.96. The fraction of sp³-hybridized carbons (Fsp3) is 0.278. The number of halogens is 2. The molecule has 1 unspecified atom stereocenters. The van der Waals surface area contributed by atoms with E-state index in [1.807, 2.05) is 26.1 Å². The summed E-state index contributed by atoms with van der Waals surface area (Å²) in [5.41, 5.74) is 2.76. The van der Waals surface area contributed by atoms with Crippen LogP contribution in [0.5, 0.6) is 5.75 Å². The number of rotatable bonds is 6. The lowest BCUT2D eigenvalue weighted by atomic mass is 10.1. The number of anilines is 1. The highest BCUT2D eigenvalue weighted by Gasteiger charge is 2.15. The summed E-state index contributed by atoms with van der Waals surface area (Å²) >= 11 is 12.0. The van der Waals surface area contributed by atoms with Crippen LogP contribution in [0.3, 0.4) is 0 Å². The number of nitrogens with one attached hydrogen (secondary N) is 2. The first-order valence-corrected chi connectivity index (χ1v) is 8.35. The van der Waals surface area contributed by atoms with Gasteiger partial charge in [-0.3, -0.25) is 4.79 Å². The molecule has 0 aliphatic rings. The first-order chi connectivity index (χ1) is 11.4. The molecule has 0 aromatic heterocycles. The molecule has 2 N–H and O–H groups in total. The number of methoxy groups -OCH3 is 1. The number of hydrogen-bond donors (Lipinski definition) is 2. The fourth-order valence-electron chi connectivity index (χ4n) is 2.50. The molecule has 0 fully saturated rings. The number of likely N-dealkylation sites (N-methyl/N-ethyl adjacent to an activating group) is 1. The number of aryl methyl sites for hydroxylation is 1. The van der Waals surface area contributed by atoms with Gasteiger partial charge in [-0.2, -0.15) is 0 Å². The van der Waals surface area contributed by atoms with E-state index in [2.05, 4.69) is 11.4 Å². The van der Waals surface area contributed by atoms with E-state index in [0.717, 1.165) is 21.8 Å². The van der Waals surface area contributed by atoms with E-state index in [0.29, 0.717) is 28.8 Å². The van der Waals surface area contributed by atoms with Gasteiger partial charge in [0.05, 0.1) is 29.9 Å². The summed E-state index contributed by atoms with van der Waals surface area (Å²) in [7, 11) is 3.61. The average molecular weight is 368 g/mol. The van der Waals surface area contributed by atoms with Gasteiger partial charge in [-0.25, -0.2) is 0 Å². The van der Waals surface area contributed by atoms with Gasteiger partial charge in [0.1, 0.15) is 12.3 Å². The van der Waals surface area contributed by atoms with E-state index in [1.165, 1.54) is 0 Å². The Balaban J connectivity index is 1.99. The zero-order chi connectivity index (χ0) is 17.7. The Hall–Kier alpha value is -1.75. The van der Waals surface area contributed by atoms with Crippen molar-refractivity contribution in [2.24, 2.45) is 0 Å². The van der Waals surface area contributed by atoms with Gasteiger partial charge >= 0.3 is 0 Å². The van der Waals surface area contributed by atoms with Crippen molar-refractivity contribution in [3.8, 4) is 5.75 Å². The highest BCUT2D eigenvalue weighted by Crippen LogP contribution is 2.29. The summed E-state index contributed by atoms with van der Waals surface area (Å²) in [4.78, 5) is 13.3. The molecule has 0 aliphatic heterocycles. The van der Waals surface area contributed by atoms with Gasteiger partial charge in [-0.05, 0) is 31.2 Å². The molecule has 128 valence electrons. The molecular formula is C18H21Cl2N2O2+. The number of ether oxygens (including phenoxy) is 1. The van der Waals surface area contributed by atoms with Crippen LogP contribution in [0.2, 0.25) is 10.0 Å². The third-order valence-electron chi connectivity index (χ3n) is 3.62. The van der Waals surface area contributed by atoms with Gasteiger partial charge < -0.3 is 15.0 Å². The van der Waals surface area contributed by atoms with Crippen LogP contribution in [0.1, 0.15) is 11.1 Å². The van der Waals surface area contributed by atoms with Gasteiger partial charge in [-0.15, -0.1) is 0 Å². The predicted molar refractivity (Wildman–Crippen MR) is 98.3 cm³/mol. The van der Waals surface area contributed by atoms with Crippen LogP contribution in [-0.4, -0.2) is 26.6 Å². The minimum atomic E-state index is -0.122. The van der Waals surface area contributed by atoms with E-state index in [9.17, 15) is 4.79 Å². The lowest BCUT2D eigenvalue weighted by Crippen LogP contribution is -3.08. The zero-order valence-corrected chi connectivity index (χ0v) is 15.5. The third-order valence-corrected chi connectivity index (χ3v) is 4.44. The van der Waals surface area contributed by atoms with E-state index in [4.69, 9.17) is 27.9 Å². The smallest absolute Gasteiger partial charge is 0.279 e. The Kier molecular flexibility index (Phi) is 6.49. The normalized spacial score (nSPS) is 11.9. The lowest BCUT2D eigenvalue weighted by molar-refractivity contribution is -0.885. The standard InChI is InChI=1S/C18H20Cl2N2O2/c1-12-7-8-16(24-3)13(9-12)10-22(2)11-17(23)21-15-6-4-5-14(19)18(15)20/h4-9H,10-11H2,1-3H3,(H,21,23)/p+1. The average Bonchev–Trinajstić information content (AvgIpc) is 2.52. The third kappa shape index (κ3) is 4.87. The monoisotopic (exact) mass is 367 g/mol. The van der Waals surface area contributed by atoms with Crippen LogP contribution in [0, 0.1) is 6.92 Å². The quantitative estimate of drug-likeness (QED) is 0.823. The molecule has 0 saturated heterocycles. The van der Waals surface area contributed by atoms with Crippen molar-refractivity contribution in [3.63, 3.8) is 0 Å². The molecule has 0 radical (unpaired) electrons. The molecule has 24 heavy (non-hydrogen) atoms. The van der Waals surface area contributed by atoms with E-state index in [1.54, 1.807) is 25.3 Å². The summed E-state index contributed by atoms with van der Waals surface area (Å²) < 4.78 is 5.38. The second kappa shape index (κ2) is 8.38. The van der Waals surface area contributed by atoms with Crippen LogP contribution >= 0.6 is 23.2 Å². The molecule has 2 rings (SSSR count). The molecule has 6 heteroatoms.